The van der Waals surface area contributed by atoms with Gasteiger partial charge >= 0.3 is 5.97 Å². The van der Waals surface area contributed by atoms with Crippen LogP contribution in [-0.4, -0.2) is 38.4 Å². The van der Waals surface area contributed by atoms with Crippen LogP contribution in [0.2, 0.25) is 0 Å². The van der Waals surface area contributed by atoms with Gasteiger partial charge in [0.2, 0.25) is 10.0 Å². The average Bonchev–Trinajstić information content (AvgIpc) is 2.48. The van der Waals surface area contributed by atoms with Crippen molar-refractivity contribution < 1.29 is 17.9 Å². The van der Waals surface area contributed by atoms with Crippen molar-refractivity contribution in [2.45, 2.75) is 25.2 Å². The van der Waals surface area contributed by atoms with Crippen LogP contribution < -0.4 is 0 Å². The molecular weight excluding hydrogens is 292 g/mol. The summed E-state index contributed by atoms with van der Waals surface area (Å²) in [4.78, 5) is 11.7. The van der Waals surface area contributed by atoms with Gasteiger partial charge in [0.25, 0.3) is 0 Å². The lowest BCUT2D eigenvalue weighted by Crippen LogP contribution is -2.31. The molecule has 0 fully saturated rings. The molecule has 0 aliphatic heterocycles. The topological polar surface area (TPSA) is 87.5 Å². The molecule has 0 radical (unpaired) electrons. The smallest absolute Gasteiger partial charge is 0.338 e. The van der Waals surface area contributed by atoms with Crippen LogP contribution in [0.25, 0.3) is 0 Å². The minimum Gasteiger partial charge on any atom is -0.462 e. The number of sulfonamides is 1. The third-order valence-electron chi connectivity index (χ3n) is 2.81. The summed E-state index contributed by atoms with van der Waals surface area (Å²) in [7, 11) is -3.72. The molecule has 6 nitrogen and oxygen atoms in total. The summed E-state index contributed by atoms with van der Waals surface area (Å²) in [5.41, 5.74) is 0.189. The highest BCUT2D eigenvalue weighted by molar-refractivity contribution is 7.89. The van der Waals surface area contributed by atoms with E-state index in [-0.39, 0.29) is 36.6 Å². The molecule has 0 aliphatic carbocycles. The molecule has 1 rings (SSSR count). The molecular formula is C14H18N2O4S. The first-order valence-corrected chi connectivity index (χ1v) is 8.05. The van der Waals surface area contributed by atoms with Crippen molar-refractivity contribution in [1.82, 2.24) is 4.31 Å². The van der Waals surface area contributed by atoms with Crippen molar-refractivity contribution in [2.75, 3.05) is 19.7 Å². The predicted octanol–water partition coefficient (Wildman–Crippen LogP) is 1.79. The van der Waals surface area contributed by atoms with Crippen LogP contribution >= 0.6 is 0 Å². The number of carbonyl (C=O) groups excluding carboxylic acids is 1. The van der Waals surface area contributed by atoms with Crippen LogP contribution in [0.15, 0.2) is 29.2 Å². The van der Waals surface area contributed by atoms with Gasteiger partial charge in [0.05, 0.1) is 23.1 Å². The molecule has 114 valence electrons. The molecule has 0 N–H and O–H groups in total. The molecule has 0 bridgehead atoms. The monoisotopic (exact) mass is 310 g/mol. The van der Waals surface area contributed by atoms with E-state index in [2.05, 4.69) is 0 Å². The van der Waals surface area contributed by atoms with Gasteiger partial charge in [-0.05, 0) is 25.1 Å². The van der Waals surface area contributed by atoms with Gasteiger partial charge in [0.15, 0.2) is 0 Å². The molecule has 0 heterocycles. The van der Waals surface area contributed by atoms with Crippen molar-refractivity contribution in [3.05, 3.63) is 29.8 Å². The maximum absolute atomic E-state index is 12.5. The van der Waals surface area contributed by atoms with Crippen LogP contribution in [0.5, 0.6) is 0 Å². The number of rotatable bonds is 7. The van der Waals surface area contributed by atoms with E-state index in [0.29, 0.717) is 0 Å². The van der Waals surface area contributed by atoms with E-state index in [1.807, 2.05) is 6.07 Å². The lowest BCUT2D eigenvalue weighted by molar-refractivity contribution is 0.0526. The van der Waals surface area contributed by atoms with Crippen molar-refractivity contribution in [3.8, 4) is 6.07 Å². The molecule has 0 spiro atoms. The van der Waals surface area contributed by atoms with E-state index in [1.54, 1.807) is 13.8 Å². The van der Waals surface area contributed by atoms with Gasteiger partial charge in [-0.25, -0.2) is 13.2 Å². The van der Waals surface area contributed by atoms with Crippen molar-refractivity contribution in [1.29, 1.82) is 5.26 Å². The Balaban J connectivity index is 3.11. The maximum Gasteiger partial charge on any atom is 0.338 e. The number of carbonyl (C=O) groups is 1. The van der Waals surface area contributed by atoms with Crippen LogP contribution in [0.4, 0.5) is 0 Å². The Morgan fingerprint density at radius 2 is 2.10 bits per heavy atom. The molecule has 0 aromatic heterocycles. The van der Waals surface area contributed by atoms with Gasteiger partial charge < -0.3 is 4.74 Å². The van der Waals surface area contributed by atoms with Gasteiger partial charge in [-0.1, -0.05) is 13.0 Å². The van der Waals surface area contributed by atoms with Crippen LogP contribution in [0, 0.1) is 11.3 Å². The molecule has 0 unspecified atom stereocenters. The van der Waals surface area contributed by atoms with Crippen molar-refractivity contribution in [2.24, 2.45) is 0 Å². The highest BCUT2D eigenvalue weighted by Crippen LogP contribution is 2.18. The maximum atomic E-state index is 12.5. The predicted molar refractivity (Wildman–Crippen MR) is 77.1 cm³/mol. The second-order valence-corrected chi connectivity index (χ2v) is 6.09. The molecule has 21 heavy (non-hydrogen) atoms. The fourth-order valence-electron chi connectivity index (χ4n) is 1.77. The number of hydrogen-bond acceptors (Lipinski definition) is 5. The highest BCUT2D eigenvalue weighted by Gasteiger charge is 2.23. The van der Waals surface area contributed by atoms with Gasteiger partial charge in [-0.15, -0.1) is 0 Å². The molecule has 0 amide bonds. The van der Waals surface area contributed by atoms with E-state index in [1.165, 1.54) is 28.6 Å². The summed E-state index contributed by atoms with van der Waals surface area (Å²) in [6.45, 7) is 3.98. The zero-order chi connectivity index (χ0) is 15.9. The molecule has 0 aliphatic rings. The highest BCUT2D eigenvalue weighted by atomic mass is 32.2. The van der Waals surface area contributed by atoms with E-state index in [0.717, 1.165) is 0 Å². The van der Waals surface area contributed by atoms with Gasteiger partial charge in [-0.2, -0.15) is 9.57 Å². The Morgan fingerprint density at radius 1 is 1.38 bits per heavy atom. The third kappa shape index (κ3) is 4.28. The van der Waals surface area contributed by atoms with E-state index < -0.39 is 16.0 Å². The molecule has 0 saturated heterocycles. The minimum absolute atomic E-state index is 0.0212. The van der Waals surface area contributed by atoms with Crippen LogP contribution in [0.3, 0.4) is 0 Å². The van der Waals surface area contributed by atoms with E-state index >= 15 is 0 Å². The summed E-state index contributed by atoms with van der Waals surface area (Å²) in [5.74, 6) is -0.561. The first-order valence-electron chi connectivity index (χ1n) is 6.61. The summed E-state index contributed by atoms with van der Waals surface area (Å²) >= 11 is 0. The quantitative estimate of drug-likeness (QED) is 0.716. The fraction of sp³-hybridized carbons (Fsp3) is 0.429. The van der Waals surface area contributed by atoms with E-state index in [4.69, 9.17) is 10.00 Å². The Morgan fingerprint density at radius 3 is 2.67 bits per heavy atom. The SMILES string of the molecule is CCOC(=O)c1cccc(S(=O)(=O)N(CC)CCC#N)c1. The van der Waals surface area contributed by atoms with Gasteiger partial charge in [0.1, 0.15) is 0 Å². The second kappa shape index (κ2) is 7.76. The lowest BCUT2D eigenvalue weighted by atomic mass is 10.2. The number of hydrogen-bond donors (Lipinski definition) is 0. The second-order valence-electron chi connectivity index (χ2n) is 4.15. The Labute approximate surface area is 125 Å². The number of nitriles is 1. The normalized spacial score (nSPS) is 11.1. The third-order valence-corrected chi connectivity index (χ3v) is 4.78. The Bertz CT molecular complexity index is 635. The zero-order valence-electron chi connectivity index (χ0n) is 12.1. The summed E-state index contributed by atoms with van der Waals surface area (Å²) in [5, 5.41) is 8.59. The first-order chi connectivity index (χ1) is 9.97. The summed E-state index contributed by atoms with van der Waals surface area (Å²) in [6.07, 6.45) is 0.116. The number of ether oxygens (including phenoxy) is 1. The zero-order valence-corrected chi connectivity index (χ0v) is 12.9. The van der Waals surface area contributed by atoms with Crippen molar-refractivity contribution >= 4 is 16.0 Å². The van der Waals surface area contributed by atoms with E-state index in [9.17, 15) is 13.2 Å². The van der Waals surface area contributed by atoms with Crippen LogP contribution in [-0.2, 0) is 14.8 Å². The fourth-order valence-corrected chi connectivity index (χ4v) is 3.27. The minimum atomic E-state index is -3.72. The van der Waals surface area contributed by atoms with Gasteiger partial charge in [-0.3, -0.25) is 0 Å². The Kier molecular flexibility index (Phi) is 6.34. The number of esters is 1. The number of benzene rings is 1. The molecule has 1 aromatic carbocycles. The lowest BCUT2D eigenvalue weighted by Gasteiger charge is -2.19. The standard InChI is InChI=1S/C14H18N2O4S/c1-3-16(10-6-9-15)21(18,19)13-8-5-7-12(11-13)14(17)20-4-2/h5,7-8,11H,3-4,6,10H2,1-2H3. The molecule has 0 saturated carbocycles. The van der Waals surface area contributed by atoms with Crippen molar-refractivity contribution in [3.63, 3.8) is 0 Å². The molecule has 7 heteroatoms. The largest absolute Gasteiger partial charge is 0.462 e. The molecule has 1 aromatic rings. The van der Waals surface area contributed by atoms with Crippen LogP contribution in [0.1, 0.15) is 30.6 Å². The Hall–Kier alpha value is -1.91. The first kappa shape index (κ1) is 17.1. The van der Waals surface area contributed by atoms with Gasteiger partial charge in [0, 0.05) is 19.5 Å². The summed E-state index contributed by atoms with van der Waals surface area (Å²) < 4.78 is 31.0. The number of nitrogens with zero attached hydrogens (tertiary/aromatic N) is 2. The molecule has 0 atom stereocenters. The summed E-state index contributed by atoms with van der Waals surface area (Å²) in [6, 6.07) is 7.64. The average molecular weight is 310 g/mol.